The molecule has 0 radical (unpaired) electrons. The third-order valence-electron chi connectivity index (χ3n) is 6.51. The molecule has 0 spiro atoms. The molecule has 14 heteroatoms. The van der Waals surface area contributed by atoms with Gasteiger partial charge in [0.1, 0.15) is 0 Å². The fraction of sp³-hybridized carbons (Fsp3) is 0.308. The number of hydrogen-bond acceptors (Lipinski definition) is 10. The number of anilines is 1. The maximum absolute atomic E-state index is 13.2. The maximum atomic E-state index is 13.2. The van der Waals surface area contributed by atoms with Crippen LogP contribution < -0.4 is 15.2 Å². The molecule has 0 fully saturated rings. The van der Waals surface area contributed by atoms with Crippen molar-refractivity contribution in [3.05, 3.63) is 69.9 Å². The van der Waals surface area contributed by atoms with E-state index in [9.17, 15) is 13.2 Å². The Hall–Kier alpha value is -4.43. The number of benzene rings is 2. The van der Waals surface area contributed by atoms with Crippen LogP contribution in [0.5, 0.6) is 0 Å². The van der Waals surface area contributed by atoms with Crippen molar-refractivity contribution >= 4 is 43.8 Å². The van der Waals surface area contributed by atoms with E-state index in [0.717, 1.165) is 22.9 Å². The first kappa shape index (κ1) is 27.1. The van der Waals surface area contributed by atoms with Gasteiger partial charge in [0.05, 0.1) is 30.1 Å². The van der Waals surface area contributed by atoms with Crippen LogP contribution in [-0.2, 0) is 14.8 Å². The van der Waals surface area contributed by atoms with Crippen LogP contribution in [0.3, 0.4) is 0 Å². The lowest BCUT2D eigenvalue weighted by molar-refractivity contribution is 0.408. The highest BCUT2D eigenvalue weighted by Crippen LogP contribution is 2.27. The number of aromatic nitrogens is 5. The average molecular weight is 564 g/mol. The SMILES string of the molecule is CCN(CCNS(C)(=O)=O)c1ccc(N=C2C(OC)=Nn3c2nnc3-n2nc(C)c3ccccc3c2=O)c(C)c1. The van der Waals surface area contributed by atoms with Crippen LogP contribution in [0.4, 0.5) is 11.4 Å². The van der Waals surface area contributed by atoms with E-state index < -0.39 is 10.0 Å². The van der Waals surface area contributed by atoms with E-state index >= 15 is 0 Å². The van der Waals surface area contributed by atoms with Gasteiger partial charge in [0.25, 0.3) is 17.4 Å². The number of nitrogens with one attached hydrogen (secondary N) is 1. The highest BCUT2D eigenvalue weighted by Gasteiger charge is 2.31. The largest absolute Gasteiger partial charge is 0.478 e. The normalized spacial score (nSPS) is 14.0. The van der Waals surface area contributed by atoms with E-state index in [2.05, 4.69) is 30.0 Å². The molecule has 4 aromatic rings. The molecule has 0 saturated carbocycles. The van der Waals surface area contributed by atoms with Crippen molar-refractivity contribution in [1.29, 1.82) is 0 Å². The zero-order chi connectivity index (χ0) is 28.6. The number of methoxy groups -OCH3 is 1. The zero-order valence-corrected chi connectivity index (χ0v) is 23.6. The number of fused-ring (bicyclic) bond motifs is 2. The van der Waals surface area contributed by atoms with E-state index in [0.29, 0.717) is 47.9 Å². The van der Waals surface area contributed by atoms with Crippen molar-refractivity contribution in [2.45, 2.75) is 20.8 Å². The van der Waals surface area contributed by atoms with Crippen LogP contribution in [0.2, 0.25) is 0 Å². The molecule has 13 nitrogen and oxygen atoms in total. The second-order valence-electron chi connectivity index (χ2n) is 9.27. The summed E-state index contributed by atoms with van der Waals surface area (Å²) in [5.74, 6) is 0.668. The van der Waals surface area contributed by atoms with Gasteiger partial charge in [-0.2, -0.15) is 14.5 Å². The van der Waals surface area contributed by atoms with E-state index in [1.54, 1.807) is 12.1 Å². The number of sulfonamides is 1. The minimum atomic E-state index is -3.25. The molecule has 0 amide bonds. The number of hydrogen-bond donors (Lipinski definition) is 1. The van der Waals surface area contributed by atoms with E-state index in [4.69, 9.17) is 9.73 Å². The molecule has 1 N–H and O–H groups in total. The molecule has 3 heterocycles. The van der Waals surface area contributed by atoms with Gasteiger partial charge in [0.2, 0.25) is 15.8 Å². The summed E-state index contributed by atoms with van der Waals surface area (Å²) in [5, 5.41) is 18.7. The Morgan fingerprint density at radius 2 is 1.85 bits per heavy atom. The molecule has 40 heavy (non-hydrogen) atoms. The summed E-state index contributed by atoms with van der Waals surface area (Å²) in [7, 11) is -1.77. The van der Waals surface area contributed by atoms with Crippen molar-refractivity contribution in [3.63, 3.8) is 0 Å². The summed E-state index contributed by atoms with van der Waals surface area (Å²) in [6.07, 6.45) is 1.14. The highest BCUT2D eigenvalue weighted by atomic mass is 32.2. The Kier molecular flexibility index (Phi) is 7.21. The first-order valence-electron chi connectivity index (χ1n) is 12.6. The minimum Gasteiger partial charge on any atom is -0.478 e. The lowest BCUT2D eigenvalue weighted by Gasteiger charge is -2.23. The van der Waals surface area contributed by atoms with Gasteiger partial charge >= 0.3 is 0 Å². The Morgan fingerprint density at radius 1 is 1.10 bits per heavy atom. The monoisotopic (exact) mass is 563 g/mol. The molecule has 1 aliphatic heterocycles. The van der Waals surface area contributed by atoms with E-state index in [-0.39, 0.29) is 17.4 Å². The summed E-state index contributed by atoms with van der Waals surface area (Å²) >= 11 is 0. The molecule has 2 aromatic heterocycles. The Bertz CT molecular complexity index is 1840. The third kappa shape index (κ3) is 5.10. The van der Waals surface area contributed by atoms with Crippen molar-refractivity contribution < 1.29 is 13.2 Å². The summed E-state index contributed by atoms with van der Waals surface area (Å²) in [5.41, 5.74) is 3.19. The van der Waals surface area contributed by atoms with Gasteiger partial charge in [0.15, 0.2) is 5.71 Å². The minimum absolute atomic E-state index is 0.127. The van der Waals surface area contributed by atoms with Crippen molar-refractivity contribution in [1.82, 2.24) is 29.4 Å². The third-order valence-corrected chi connectivity index (χ3v) is 7.24. The number of nitrogens with zero attached hydrogens (tertiary/aromatic N) is 8. The maximum Gasteiger partial charge on any atom is 0.282 e. The molecule has 5 rings (SSSR count). The lowest BCUT2D eigenvalue weighted by atomic mass is 10.1. The van der Waals surface area contributed by atoms with Crippen molar-refractivity contribution in [2.75, 3.05) is 37.9 Å². The smallest absolute Gasteiger partial charge is 0.282 e. The molecular weight excluding hydrogens is 534 g/mol. The fourth-order valence-corrected chi connectivity index (χ4v) is 4.98. The molecular formula is C26H29N9O4S. The average Bonchev–Trinajstić information content (AvgIpc) is 3.49. The van der Waals surface area contributed by atoms with Crippen LogP contribution >= 0.6 is 0 Å². The number of rotatable bonds is 8. The van der Waals surface area contributed by atoms with Gasteiger partial charge < -0.3 is 9.64 Å². The Balaban J connectivity index is 1.49. The van der Waals surface area contributed by atoms with Gasteiger partial charge in [0, 0.05) is 30.7 Å². The second-order valence-corrected chi connectivity index (χ2v) is 11.1. The highest BCUT2D eigenvalue weighted by molar-refractivity contribution is 7.88. The van der Waals surface area contributed by atoms with Crippen molar-refractivity contribution in [3.8, 4) is 5.95 Å². The standard InChI is InChI=1S/C26H29N9O4S/c1-6-33(14-13-27-40(5,37)38)18-11-12-21(16(2)15-18)28-22-23-29-30-26(34(23)32-24(22)39-4)35-25(36)20-10-8-7-9-19(20)17(3)31-35/h7-12,15,27H,6,13-14H2,1-5H3. The topological polar surface area (TPSA) is 149 Å². The summed E-state index contributed by atoms with van der Waals surface area (Å²) in [4.78, 5) is 20.1. The molecule has 0 bridgehead atoms. The van der Waals surface area contributed by atoms with E-state index in [1.807, 2.05) is 51.1 Å². The molecule has 0 unspecified atom stereocenters. The number of aryl methyl sites for hydroxylation is 2. The van der Waals surface area contributed by atoms with Gasteiger partial charge in [-0.15, -0.1) is 15.3 Å². The number of aliphatic imine (C=N–C) groups is 1. The second kappa shape index (κ2) is 10.6. The van der Waals surface area contributed by atoms with Crippen molar-refractivity contribution in [2.24, 2.45) is 10.1 Å². The Labute approximate surface area is 230 Å². The molecule has 0 atom stereocenters. The predicted molar refractivity (Wildman–Crippen MR) is 154 cm³/mol. The first-order valence-corrected chi connectivity index (χ1v) is 14.5. The number of ether oxygens (including phenoxy) is 1. The fourth-order valence-electron chi connectivity index (χ4n) is 4.51. The van der Waals surface area contributed by atoms with Crippen LogP contribution in [-0.4, -0.2) is 77.7 Å². The summed E-state index contributed by atoms with van der Waals surface area (Å²) < 4.78 is 33.4. The molecule has 1 aliphatic rings. The summed E-state index contributed by atoms with van der Waals surface area (Å²) in [6, 6.07) is 13.0. The quantitative estimate of drug-likeness (QED) is 0.342. The van der Waals surface area contributed by atoms with Gasteiger partial charge in [-0.25, -0.2) is 18.1 Å². The molecule has 208 valence electrons. The number of likely N-dealkylation sites (N-methyl/N-ethyl adjacent to an activating group) is 1. The van der Waals surface area contributed by atoms with Crippen LogP contribution in [0.1, 0.15) is 24.0 Å². The van der Waals surface area contributed by atoms with Crippen LogP contribution in [0, 0.1) is 13.8 Å². The summed E-state index contributed by atoms with van der Waals surface area (Å²) in [6.45, 7) is 7.28. The van der Waals surface area contributed by atoms with Gasteiger partial charge in [-0.05, 0) is 50.6 Å². The van der Waals surface area contributed by atoms with Gasteiger partial charge in [-0.1, -0.05) is 18.2 Å². The van der Waals surface area contributed by atoms with Crippen LogP contribution in [0.25, 0.3) is 16.7 Å². The first-order chi connectivity index (χ1) is 19.1. The molecule has 0 aliphatic carbocycles. The van der Waals surface area contributed by atoms with Gasteiger partial charge in [-0.3, -0.25) is 4.79 Å². The molecule has 2 aromatic carbocycles. The lowest BCUT2D eigenvalue weighted by Crippen LogP contribution is -2.34. The van der Waals surface area contributed by atoms with Crippen LogP contribution in [0.15, 0.2) is 57.4 Å². The predicted octanol–water partition coefficient (Wildman–Crippen LogP) is 1.91. The zero-order valence-electron chi connectivity index (χ0n) is 22.8. The van der Waals surface area contributed by atoms with E-state index in [1.165, 1.54) is 16.5 Å². The molecule has 0 saturated heterocycles. The Morgan fingerprint density at radius 3 is 2.52 bits per heavy atom.